The SMILES string of the molecule is Cc1ccc2c(N)c(C(=O)c3ccccc3)oc2c1. The third-order valence-electron chi connectivity index (χ3n) is 3.13. The molecule has 1 heterocycles. The normalized spacial score (nSPS) is 10.8. The van der Waals surface area contributed by atoms with Gasteiger partial charge < -0.3 is 10.2 Å². The minimum atomic E-state index is -0.188. The van der Waals surface area contributed by atoms with Crippen molar-refractivity contribution in [3.63, 3.8) is 0 Å². The van der Waals surface area contributed by atoms with E-state index in [1.54, 1.807) is 12.1 Å². The Balaban J connectivity index is 2.16. The maximum atomic E-state index is 12.3. The number of fused-ring (bicyclic) bond motifs is 1. The van der Waals surface area contributed by atoms with E-state index in [4.69, 9.17) is 10.2 Å². The number of nitrogens with two attached hydrogens (primary N) is 1. The third kappa shape index (κ3) is 1.89. The van der Waals surface area contributed by atoms with Crippen molar-refractivity contribution in [3.8, 4) is 0 Å². The van der Waals surface area contributed by atoms with E-state index in [0.717, 1.165) is 10.9 Å². The average Bonchev–Trinajstić information content (AvgIpc) is 2.75. The highest BCUT2D eigenvalue weighted by molar-refractivity contribution is 6.14. The van der Waals surface area contributed by atoms with Crippen LogP contribution in [-0.4, -0.2) is 5.78 Å². The lowest BCUT2D eigenvalue weighted by molar-refractivity contribution is 0.101. The molecule has 0 radical (unpaired) electrons. The number of aryl methyl sites for hydroxylation is 1. The summed E-state index contributed by atoms with van der Waals surface area (Å²) in [7, 11) is 0. The van der Waals surface area contributed by atoms with Crippen molar-refractivity contribution in [2.75, 3.05) is 5.73 Å². The first-order chi connectivity index (χ1) is 9.16. The highest BCUT2D eigenvalue weighted by Crippen LogP contribution is 2.30. The van der Waals surface area contributed by atoms with Crippen molar-refractivity contribution in [1.82, 2.24) is 0 Å². The fourth-order valence-electron chi connectivity index (χ4n) is 2.11. The van der Waals surface area contributed by atoms with E-state index >= 15 is 0 Å². The highest BCUT2D eigenvalue weighted by Gasteiger charge is 2.19. The van der Waals surface area contributed by atoms with Gasteiger partial charge in [0.25, 0.3) is 0 Å². The third-order valence-corrected chi connectivity index (χ3v) is 3.13. The van der Waals surface area contributed by atoms with Crippen LogP contribution in [0.15, 0.2) is 52.9 Å². The summed E-state index contributed by atoms with van der Waals surface area (Å²) in [6, 6.07) is 14.7. The molecule has 3 rings (SSSR count). The summed E-state index contributed by atoms with van der Waals surface area (Å²) in [5, 5.41) is 0.782. The van der Waals surface area contributed by atoms with Gasteiger partial charge in [-0.25, -0.2) is 0 Å². The van der Waals surface area contributed by atoms with Crippen LogP contribution in [0.2, 0.25) is 0 Å². The summed E-state index contributed by atoms with van der Waals surface area (Å²) >= 11 is 0. The Morgan fingerprint density at radius 1 is 1.11 bits per heavy atom. The first-order valence-corrected chi connectivity index (χ1v) is 6.05. The zero-order valence-electron chi connectivity index (χ0n) is 10.5. The number of ketones is 1. The molecule has 0 bridgehead atoms. The van der Waals surface area contributed by atoms with Crippen LogP contribution in [0, 0.1) is 6.92 Å². The van der Waals surface area contributed by atoms with Gasteiger partial charge in [0.15, 0.2) is 5.76 Å². The molecule has 3 aromatic rings. The van der Waals surface area contributed by atoms with Crippen molar-refractivity contribution >= 4 is 22.4 Å². The van der Waals surface area contributed by atoms with Crippen molar-refractivity contribution in [1.29, 1.82) is 0 Å². The molecule has 0 aliphatic heterocycles. The number of rotatable bonds is 2. The average molecular weight is 251 g/mol. The topological polar surface area (TPSA) is 56.2 Å². The predicted octanol–water partition coefficient (Wildman–Crippen LogP) is 3.55. The van der Waals surface area contributed by atoms with E-state index in [1.165, 1.54) is 0 Å². The number of carbonyl (C=O) groups is 1. The van der Waals surface area contributed by atoms with E-state index in [1.807, 2.05) is 43.3 Å². The Morgan fingerprint density at radius 3 is 2.58 bits per heavy atom. The molecule has 2 aromatic carbocycles. The molecule has 0 aliphatic carbocycles. The van der Waals surface area contributed by atoms with Gasteiger partial charge in [-0.2, -0.15) is 0 Å². The number of hydrogen-bond acceptors (Lipinski definition) is 3. The molecule has 0 aliphatic rings. The van der Waals surface area contributed by atoms with Gasteiger partial charge >= 0.3 is 0 Å². The van der Waals surface area contributed by atoms with Gasteiger partial charge in [0, 0.05) is 10.9 Å². The molecule has 2 N–H and O–H groups in total. The van der Waals surface area contributed by atoms with Crippen LogP contribution >= 0.6 is 0 Å². The van der Waals surface area contributed by atoms with Crippen LogP contribution in [-0.2, 0) is 0 Å². The minimum absolute atomic E-state index is 0.188. The van der Waals surface area contributed by atoms with Gasteiger partial charge in [0.05, 0.1) is 5.69 Å². The highest BCUT2D eigenvalue weighted by atomic mass is 16.3. The minimum Gasteiger partial charge on any atom is -0.450 e. The standard InChI is InChI=1S/C16H13NO2/c1-10-7-8-12-13(9-10)19-16(14(12)17)15(18)11-5-3-2-4-6-11/h2-9H,17H2,1H3. The molecular weight excluding hydrogens is 238 g/mol. The van der Waals surface area contributed by atoms with E-state index in [9.17, 15) is 4.79 Å². The van der Waals surface area contributed by atoms with Gasteiger partial charge in [-0.3, -0.25) is 4.79 Å². The molecule has 3 heteroatoms. The monoisotopic (exact) mass is 251 g/mol. The van der Waals surface area contributed by atoms with Crippen molar-refractivity contribution in [3.05, 3.63) is 65.4 Å². The molecular formula is C16H13NO2. The second kappa shape index (κ2) is 4.28. The van der Waals surface area contributed by atoms with Crippen molar-refractivity contribution in [2.45, 2.75) is 6.92 Å². The number of furan rings is 1. The molecule has 19 heavy (non-hydrogen) atoms. The first kappa shape index (κ1) is 11.5. The Hall–Kier alpha value is -2.55. The second-order valence-electron chi connectivity index (χ2n) is 4.54. The maximum absolute atomic E-state index is 12.3. The molecule has 0 unspecified atom stereocenters. The largest absolute Gasteiger partial charge is 0.450 e. The van der Waals surface area contributed by atoms with Crippen LogP contribution in [0.25, 0.3) is 11.0 Å². The summed E-state index contributed by atoms with van der Waals surface area (Å²) in [5.74, 6) is 0.0266. The smallest absolute Gasteiger partial charge is 0.230 e. The van der Waals surface area contributed by atoms with E-state index < -0.39 is 0 Å². The van der Waals surface area contributed by atoms with Crippen LogP contribution < -0.4 is 5.73 Å². The molecule has 0 amide bonds. The van der Waals surface area contributed by atoms with Crippen LogP contribution in [0.5, 0.6) is 0 Å². The van der Waals surface area contributed by atoms with Crippen LogP contribution in [0.4, 0.5) is 5.69 Å². The van der Waals surface area contributed by atoms with Gasteiger partial charge in [-0.15, -0.1) is 0 Å². The fraction of sp³-hybridized carbons (Fsp3) is 0.0625. The predicted molar refractivity (Wildman–Crippen MR) is 75.2 cm³/mol. The zero-order valence-corrected chi connectivity index (χ0v) is 10.5. The lowest BCUT2D eigenvalue weighted by Crippen LogP contribution is -2.02. The molecule has 0 fully saturated rings. The molecule has 0 spiro atoms. The number of nitrogen functional groups attached to an aromatic ring is 1. The summed E-state index contributed by atoms with van der Waals surface area (Å²) in [4.78, 5) is 12.3. The summed E-state index contributed by atoms with van der Waals surface area (Å²) in [6.07, 6.45) is 0. The Kier molecular flexibility index (Phi) is 2.60. The Bertz CT molecular complexity index is 757. The van der Waals surface area contributed by atoms with Crippen LogP contribution in [0.3, 0.4) is 0 Å². The number of hydrogen-bond donors (Lipinski definition) is 1. The number of benzene rings is 2. The first-order valence-electron chi connectivity index (χ1n) is 6.05. The zero-order chi connectivity index (χ0) is 13.4. The van der Waals surface area contributed by atoms with E-state index in [2.05, 4.69) is 0 Å². The lowest BCUT2D eigenvalue weighted by Gasteiger charge is -1.97. The van der Waals surface area contributed by atoms with Gasteiger partial charge in [-0.05, 0) is 24.6 Å². The van der Waals surface area contributed by atoms with Crippen LogP contribution in [0.1, 0.15) is 21.7 Å². The summed E-state index contributed by atoms with van der Waals surface area (Å²) in [5.41, 5.74) is 8.71. The Morgan fingerprint density at radius 2 is 1.84 bits per heavy atom. The molecule has 1 aromatic heterocycles. The summed E-state index contributed by atoms with van der Waals surface area (Å²) < 4.78 is 5.62. The molecule has 94 valence electrons. The number of carbonyl (C=O) groups excluding carboxylic acids is 1. The maximum Gasteiger partial charge on any atom is 0.230 e. The second-order valence-corrected chi connectivity index (χ2v) is 4.54. The number of anilines is 1. The van der Waals surface area contributed by atoms with E-state index in [-0.39, 0.29) is 11.5 Å². The fourth-order valence-corrected chi connectivity index (χ4v) is 2.11. The molecule has 0 saturated carbocycles. The van der Waals surface area contributed by atoms with Gasteiger partial charge in [0.1, 0.15) is 5.58 Å². The Labute approximate surface area is 110 Å². The van der Waals surface area contributed by atoms with Gasteiger partial charge in [0.2, 0.25) is 5.78 Å². The molecule has 3 nitrogen and oxygen atoms in total. The summed E-state index contributed by atoms with van der Waals surface area (Å²) in [6.45, 7) is 1.97. The van der Waals surface area contributed by atoms with E-state index in [0.29, 0.717) is 16.8 Å². The quantitative estimate of drug-likeness (QED) is 0.708. The van der Waals surface area contributed by atoms with Crippen molar-refractivity contribution < 1.29 is 9.21 Å². The van der Waals surface area contributed by atoms with Crippen molar-refractivity contribution in [2.24, 2.45) is 0 Å². The lowest BCUT2D eigenvalue weighted by atomic mass is 10.1. The molecule has 0 saturated heterocycles. The molecule has 0 atom stereocenters. The van der Waals surface area contributed by atoms with Gasteiger partial charge in [-0.1, -0.05) is 36.4 Å².